The number of ether oxygens (including phenoxy) is 2. The molecule has 0 bridgehead atoms. The maximum Gasteiger partial charge on any atom is 0.419 e. The molecule has 2 aromatic heterocycles. The molecular weight excluding hydrogens is 469 g/mol. The number of halogens is 3. The summed E-state index contributed by atoms with van der Waals surface area (Å²) in [7, 11) is 0. The predicted molar refractivity (Wildman–Crippen MR) is 120 cm³/mol. The van der Waals surface area contributed by atoms with E-state index in [2.05, 4.69) is 20.3 Å². The molecule has 0 spiro atoms. The van der Waals surface area contributed by atoms with E-state index in [0.717, 1.165) is 0 Å². The number of nitrogens with zero attached hydrogens (tertiary/aromatic N) is 5. The number of rotatable bonds is 6. The number of piperazine rings is 1. The van der Waals surface area contributed by atoms with E-state index in [9.17, 15) is 22.8 Å². The first-order valence-corrected chi connectivity index (χ1v) is 10.8. The fraction of sp³-hybridized carbons (Fsp3) is 0.500. The Kier molecular flexibility index (Phi) is 7.66. The van der Waals surface area contributed by atoms with Gasteiger partial charge in [-0.25, -0.2) is 19.7 Å². The van der Waals surface area contributed by atoms with Crippen molar-refractivity contribution in [3.05, 3.63) is 36.3 Å². The lowest BCUT2D eigenvalue weighted by atomic mass is 10.2. The van der Waals surface area contributed by atoms with Gasteiger partial charge in [0.2, 0.25) is 11.9 Å². The highest BCUT2D eigenvalue weighted by molar-refractivity contribution is 5.96. The van der Waals surface area contributed by atoms with E-state index in [1.807, 2.05) is 0 Å². The third-order valence-electron chi connectivity index (χ3n) is 4.73. The second-order valence-corrected chi connectivity index (χ2v) is 8.94. The van der Waals surface area contributed by atoms with Crippen molar-refractivity contribution >= 4 is 23.8 Å². The van der Waals surface area contributed by atoms with Gasteiger partial charge in [-0.05, 0) is 33.8 Å². The summed E-state index contributed by atoms with van der Waals surface area (Å²) < 4.78 is 49.1. The number of amides is 2. The molecule has 10 nitrogen and oxygen atoms in total. The van der Waals surface area contributed by atoms with Gasteiger partial charge in [-0.3, -0.25) is 9.69 Å². The molecule has 0 radical (unpaired) electrons. The topological polar surface area (TPSA) is 110 Å². The molecule has 13 heteroatoms. The Morgan fingerprint density at radius 3 is 2.46 bits per heavy atom. The molecule has 190 valence electrons. The average molecular weight is 496 g/mol. The number of nitrogens with one attached hydrogen (secondary N) is 1. The van der Waals surface area contributed by atoms with Crippen molar-refractivity contribution < 1.29 is 32.2 Å². The van der Waals surface area contributed by atoms with Crippen LogP contribution in [0.15, 0.2) is 30.7 Å². The third-order valence-corrected chi connectivity index (χ3v) is 4.73. The maximum atomic E-state index is 12.7. The summed E-state index contributed by atoms with van der Waals surface area (Å²) in [5.41, 5.74) is -1.57. The van der Waals surface area contributed by atoms with Crippen molar-refractivity contribution in [1.82, 2.24) is 20.3 Å². The van der Waals surface area contributed by atoms with E-state index >= 15 is 0 Å². The molecule has 35 heavy (non-hydrogen) atoms. The van der Waals surface area contributed by atoms with E-state index in [-0.39, 0.29) is 37.6 Å². The first kappa shape index (κ1) is 26.0. The molecule has 1 fully saturated rings. The number of carbonyl (C=O) groups is 2. The monoisotopic (exact) mass is 496 g/mol. The Hall–Kier alpha value is -3.64. The zero-order valence-corrected chi connectivity index (χ0v) is 19.8. The molecule has 2 aromatic rings. The van der Waals surface area contributed by atoms with Crippen molar-refractivity contribution in [2.75, 3.05) is 36.0 Å². The SMILES string of the molecule is C[C@@H](COc1ccnc(N2CCN(c3ncc(C(F)(F)F)cn3)CC2=O)c1)NC(=O)OC(C)(C)C. The predicted octanol–water partition coefficient (Wildman–Crippen LogP) is 3.04. The quantitative estimate of drug-likeness (QED) is 0.650. The molecule has 1 saturated heterocycles. The molecule has 0 unspecified atom stereocenters. The smallest absolute Gasteiger partial charge is 0.419 e. The van der Waals surface area contributed by atoms with Crippen LogP contribution in [0.4, 0.5) is 29.7 Å². The minimum absolute atomic E-state index is 0.0440. The van der Waals surface area contributed by atoms with Crippen LogP contribution in [0, 0.1) is 0 Å². The van der Waals surface area contributed by atoms with Gasteiger partial charge < -0.3 is 19.7 Å². The highest BCUT2D eigenvalue weighted by Gasteiger charge is 2.32. The van der Waals surface area contributed by atoms with Crippen LogP contribution >= 0.6 is 0 Å². The summed E-state index contributed by atoms with van der Waals surface area (Å²) in [4.78, 5) is 39.3. The van der Waals surface area contributed by atoms with Crippen molar-refractivity contribution in [1.29, 1.82) is 0 Å². The zero-order chi connectivity index (χ0) is 25.8. The maximum absolute atomic E-state index is 12.7. The fourth-order valence-electron chi connectivity index (χ4n) is 3.13. The third kappa shape index (κ3) is 7.42. The molecule has 1 N–H and O–H groups in total. The Balaban J connectivity index is 1.56. The molecule has 2 amide bonds. The fourth-order valence-corrected chi connectivity index (χ4v) is 3.13. The summed E-state index contributed by atoms with van der Waals surface area (Å²) in [5.74, 6) is 0.550. The highest BCUT2D eigenvalue weighted by Crippen LogP contribution is 2.28. The Bertz CT molecular complexity index is 1040. The number of aromatic nitrogens is 3. The van der Waals surface area contributed by atoms with Gasteiger partial charge in [0.05, 0.1) is 11.6 Å². The normalized spacial score (nSPS) is 15.6. The van der Waals surface area contributed by atoms with Crippen molar-refractivity contribution in [2.24, 2.45) is 0 Å². The van der Waals surface area contributed by atoms with E-state index < -0.39 is 23.4 Å². The summed E-state index contributed by atoms with van der Waals surface area (Å²) in [6, 6.07) is 2.89. The Labute approximate surface area is 200 Å². The second-order valence-electron chi connectivity index (χ2n) is 8.94. The largest absolute Gasteiger partial charge is 0.491 e. The molecular formula is C22H27F3N6O4. The van der Waals surface area contributed by atoms with Gasteiger partial charge in [-0.2, -0.15) is 13.2 Å². The summed E-state index contributed by atoms with van der Waals surface area (Å²) in [6.45, 7) is 7.65. The van der Waals surface area contributed by atoms with E-state index in [4.69, 9.17) is 9.47 Å². The van der Waals surface area contributed by atoms with E-state index in [1.54, 1.807) is 39.8 Å². The van der Waals surface area contributed by atoms with E-state index in [0.29, 0.717) is 30.5 Å². The Morgan fingerprint density at radius 1 is 1.17 bits per heavy atom. The van der Waals surface area contributed by atoms with Gasteiger partial charge in [-0.15, -0.1) is 0 Å². The van der Waals surface area contributed by atoms with Crippen LogP contribution in [-0.2, 0) is 15.7 Å². The molecule has 0 aromatic carbocycles. The second kappa shape index (κ2) is 10.3. The lowest BCUT2D eigenvalue weighted by Gasteiger charge is -2.33. The van der Waals surface area contributed by atoms with Crippen LogP contribution in [0.25, 0.3) is 0 Å². The summed E-state index contributed by atoms with van der Waals surface area (Å²) in [5, 5.41) is 2.68. The zero-order valence-electron chi connectivity index (χ0n) is 19.8. The minimum atomic E-state index is -4.53. The number of hydrogen-bond donors (Lipinski definition) is 1. The first-order chi connectivity index (χ1) is 16.3. The summed E-state index contributed by atoms with van der Waals surface area (Å²) >= 11 is 0. The van der Waals surface area contributed by atoms with Crippen LogP contribution in [-0.4, -0.2) is 64.8 Å². The average Bonchev–Trinajstić information content (AvgIpc) is 2.76. The van der Waals surface area contributed by atoms with Gasteiger partial charge in [-0.1, -0.05) is 0 Å². The number of carbonyl (C=O) groups excluding carboxylic acids is 2. The van der Waals surface area contributed by atoms with E-state index in [1.165, 1.54) is 16.0 Å². The molecule has 3 heterocycles. The summed E-state index contributed by atoms with van der Waals surface area (Å²) in [6.07, 6.45) is -2.20. The molecule has 1 aliphatic rings. The van der Waals surface area contributed by atoms with Crippen molar-refractivity contribution in [3.63, 3.8) is 0 Å². The first-order valence-electron chi connectivity index (χ1n) is 10.8. The number of alkyl halides is 3. The van der Waals surface area contributed by atoms with Gasteiger partial charge >= 0.3 is 12.3 Å². The van der Waals surface area contributed by atoms with Gasteiger partial charge in [0.1, 0.15) is 30.3 Å². The number of hydrogen-bond acceptors (Lipinski definition) is 8. The lowest BCUT2D eigenvalue weighted by Crippen LogP contribution is -2.51. The van der Waals surface area contributed by atoms with Crippen LogP contribution in [0.1, 0.15) is 33.3 Å². The molecule has 0 aliphatic carbocycles. The van der Waals surface area contributed by atoms with Crippen LogP contribution in [0.3, 0.4) is 0 Å². The van der Waals surface area contributed by atoms with Crippen LogP contribution < -0.4 is 19.9 Å². The molecule has 1 aliphatic heterocycles. The number of alkyl carbamates (subject to hydrolysis) is 1. The minimum Gasteiger partial charge on any atom is -0.491 e. The standard InChI is InChI=1S/C22H27F3N6O4/c1-14(29-20(33)35-21(2,3)4)13-34-16-5-6-26-17(9-16)31-8-7-30(12-18(31)32)19-27-10-15(11-28-19)22(23,24)25/h5-6,9-11,14H,7-8,12-13H2,1-4H3,(H,29,33)/t14-/m0/s1. The van der Waals surface area contributed by atoms with Gasteiger partial charge in [0, 0.05) is 37.7 Å². The molecule has 0 saturated carbocycles. The van der Waals surface area contributed by atoms with Crippen molar-refractivity contribution in [2.45, 2.75) is 45.5 Å². The van der Waals surface area contributed by atoms with Crippen LogP contribution in [0.2, 0.25) is 0 Å². The molecule has 3 rings (SSSR count). The van der Waals surface area contributed by atoms with Gasteiger partial charge in [0.25, 0.3) is 0 Å². The number of anilines is 2. The molecule has 1 atom stereocenters. The van der Waals surface area contributed by atoms with Crippen LogP contribution in [0.5, 0.6) is 5.75 Å². The highest BCUT2D eigenvalue weighted by atomic mass is 19.4. The lowest BCUT2D eigenvalue weighted by molar-refractivity contribution is -0.138. The van der Waals surface area contributed by atoms with Gasteiger partial charge in [0.15, 0.2) is 0 Å². The van der Waals surface area contributed by atoms with Crippen molar-refractivity contribution in [3.8, 4) is 5.75 Å². The number of pyridine rings is 1. The Morgan fingerprint density at radius 2 is 1.86 bits per heavy atom.